The molecule has 0 aromatic carbocycles. The molecule has 0 spiro atoms. The molecular formula is C9H20N2O3S. The van der Waals surface area contributed by atoms with Gasteiger partial charge in [-0.05, 0) is 18.8 Å². The number of nitrogens with two attached hydrogens (primary N) is 1. The largest absolute Gasteiger partial charge is 0.380 e. The normalized spacial score (nSPS) is 17.3. The highest BCUT2D eigenvalue weighted by molar-refractivity contribution is 7.89. The molecule has 0 bridgehead atoms. The minimum atomic E-state index is -3.17. The van der Waals surface area contributed by atoms with E-state index in [4.69, 9.17) is 10.5 Å². The third kappa shape index (κ3) is 4.92. The van der Waals surface area contributed by atoms with Gasteiger partial charge in [0.15, 0.2) is 0 Å². The second-order valence-corrected chi connectivity index (χ2v) is 6.14. The average Bonchev–Trinajstić information content (AvgIpc) is 2.95. The number of ether oxygens (including phenoxy) is 1. The van der Waals surface area contributed by atoms with E-state index in [1.54, 1.807) is 7.05 Å². The van der Waals surface area contributed by atoms with Crippen molar-refractivity contribution in [3.63, 3.8) is 0 Å². The molecule has 1 aliphatic carbocycles. The molecule has 0 atom stereocenters. The molecule has 1 rings (SSSR count). The van der Waals surface area contributed by atoms with Crippen molar-refractivity contribution in [1.29, 1.82) is 0 Å². The third-order valence-electron chi connectivity index (χ3n) is 2.45. The summed E-state index contributed by atoms with van der Waals surface area (Å²) in [5, 5.41) is 0. The SMILES string of the molecule is CN(CCOCC1CC1)S(=O)(=O)CCN. The quantitative estimate of drug-likeness (QED) is 0.584. The molecular weight excluding hydrogens is 216 g/mol. The summed E-state index contributed by atoms with van der Waals surface area (Å²) >= 11 is 0. The fourth-order valence-electron chi connectivity index (χ4n) is 1.17. The highest BCUT2D eigenvalue weighted by atomic mass is 32.2. The van der Waals surface area contributed by atoms with Gasteiger partial charge in [-0.25, -0.2) is 12.7 Å². The van der Waals surface area contributed by atoms with E-state index in [-0.39, 0.29) is 12.3 Å². The highest BCUT2D eigenvalue weighted by Crippen LogP contribution is 2.28. The van der Waals surface area contributed by atoms with E-state index in [1.807, 2.05) is 0 Å². The van der Waals surface area contributed by atoms with Crippen molar-refractivity contribution in [2.45, 2.75) is 12.8 Å². The Balaban J connectivity index is 2.12. The second-order valence-electron chi connectivity index (χ2n) is 3.94. The predicted molar refractivity (Wildman–Crippen MR) is 59.0 cm³/mol. The predicted octanol–water partition coefficient (Wildman–Crippen LogP) is -0.367. The van der Waals surface area contributed by atoms with Crippen LogP contribution in [0.3, 0.4) is 0 Å². The number of likely N-dealkylation sites (N-methyl/N-ethyl adjacent to an activating group) is 1. The Morgan fingerprint density at radius 3 is 2.67 bits per heavy atom. The number of nitrogens with zero attached hydrogens (tertiary/aromatic N) is 1. The summed E-state index contributed by atoms with van der Waals surface area (Å²) in [6.45, 7) is 1.81. The Morgan fingerprint density at radius 1 is 1.47 bits per heavy atom. The number of sulfonamides is 1. The van der Waals surface area contributed by atoms with Crippen LogP contribution >= 0.6 is 0 Å². The summed E-state index contributed by atoms with van der Waals surface area (Å²) in [6, 6.07) is 0. The van der Waals surface area contributed by atoms with Crippen LogP contribution < -0.4 is 5.73 Å². The molecule has 0 aromatic rings. The van der Waals surface area contributed by atoms with Crippen molar-refractivity contribution < 1.29 is 13.2 Å². The Hall–Kier alpha value is -0.170. The van der Waals surface area contributed by atoms with Crippen LogP contribution in [0.2, 0.25) is 0 Å². The van der Waals surface area contributed by atoms with Gasteiger partial charge in [0, 0.05) is 26.7 Å². The van der Waals surface area contributed by atoms with Crippen LogP contribution in [-0.2, 0) is 14.8 Å². The summed E-state index contributed by atoms with van der Waals surface area (Å²) in [6.07, 6.45) is 2.50. The molecule has 5 nitrogen and oxygen atoms in total. The maximum Gasteiger partial charge on any atom is 0.215 e. The average molecular weight is 236 g/mol. The topological polar surface area (TPSA) is 72.6 Å². The lowest BCUT2D eigenvalue weighted by Crippen LogP contribution is -2.34. The molecule has 0 radical (unpaired) electrons. The maximum absolute atomic E-state index is 11.5. The van der Waals surface area contributed by atoms with Crippen LogP contribution in [0.15, 0.2) is 0 Å². The van der Waals surface area contributed by atoms with Gasteiger partial charge in [-0.1, -0.05) is 0 Å². The molecule has 1 fully saturated rings. The van der Waals surface area contributed by atoms with E-state index in [0.29, 0.717) is 13.2 Å². The molecule has 6 heteroatoms. The lowest BCUT2D eigenvalue weighted by Gasteiger charge is -2.16. The van der Waals surface area contributed by atoms with Crippen molar-refractivity contribution in [1.82, 2.24) is 4.31 Å². The third-order valence-corrected chi connectivity index (χ3v) is 4.34. The highest BCUT2D eigenvalue weighted by Gasteiger charge is 2.21. The molecule has 0 amide bonds. The first-order chi connectivity index (χ1) is 7.06. The van der Waals surface area contributed by atoms with Gasteiger partial charge in [-0.3, -0.25) is 0 Å². The van der Waals surface area contributed by atoms with Gasteiger partial charge >= 0.3 is 0 Å². The summed E-state index contributed by atoms with van der Waals surface area (Å²) in [4.78, 5) is 0. The molecule has 0 aliphatic heterocycles. The molecule has 90 valence electrons. The summed E-state index contributed by atoms with van der Waals surface area (Å²) < 4.78 is 29.6. The first kappa shape index (κ1) is 12.9. The van der Waals surface area contributed by atoms with Gasteiger partial charge in [-0.15, -0.1) is 0 Å². The number of hydrogen-bond donors (Lipinski definition) is 1. The van der Waals surface area contributed by atoms with Crippen molar-refractivity contribution in [2.24, 2.45) is 11.7 Å². The van der Waals surface area contributed by atoms with E-state index < -0.39 is 10.0 Å². The number of rotatable bonds is 8. The Kier molecular flexibility index (Phi) is 4.98. The van der Waals surface area contributed by atoms with E-state index in [1.165, 1.54) is 17.1 Å². The zero-order chi connectivity index (χ0) is 11.3. The van der Waals surface area contributed by atoms with Gasteiger partial charge in [0.2, 0.25) is 10.0 Å². The molecule has 0 unspecified atom stereocenters. The van der Waals surface area contributed by atoms with Crippen molar-refractivity contribution in [3.05, 3.63) is 0 Å². The van der Waals surface area contributed by atoms with Gasteiger partial charge in [0.1, 0.15) is 0 Å². The van der Waals surface area contributed by atoms with E-state index >= 15 is 0 Å². The lowest BCUT2D eigenvalue weighted by molar-refractivity contribution is 0.117. The molecule has 0 saturated heterocycles. The van der Waals surface area contributed by atoms with Gasteiger partial charge in [-0.2, -0.15) is 0 Å². The Labute approximate surface area is 91.6 Å². The standard InChI is InChI=1S/C9H20N2O3S/c1-11(15(12,13)7-4-10)5-6-14-8-9-2-3-9/h9H,2-8,10H2,1H3. The van der Waals surface area contributed by atoms with Crippen molar-refractivity contribution in [3.8, 4) is 0 Å². The van der Waals surface area contributed by atoms with E-state index in [9.17, 15) is 8.42 Å². The van der Waals surface area contributed by atoms with Gasteiger partial charge in [0.25, 0.3) is 0 Å². The molecule has 15 heavy (non-hydrogen) atoms. The minimum absolute atomic E-state index is 0.00608. The fourth-order valence-corrected chi connectivity index (χ4v) is 2.13. The Bertz CT molecular complexity index is 275. The summed E-state index contributed by atoms with van der Waals surface area (Å²) in [5.41, 5.74) is 5.22. The van der Waals surface area contributed by atoms with Crippen LogP contribution in [0.4, 0.5) is 0 Å². The van der Waals surface area contributed by atoms with Gasteiger partial charge in [0.05, 0.1) is 12.4 Å². The molecule has 2 N–H and O–H groups in total. The smallest absolute Gasteiger partial charge is 0.215 e. The van der Waals surface area contributed by atoms with E-state index in [2.05, 4.69) is 0 Å². The summed E-state index contributed by atoms with van der Waals surface area (Å²) in [7, 11) is -1.61. The summed E-state index contributed by atoms with van der Waals surface area (Å²) in [5.74, 6) is 0.725. The first-order valence-corrected chi connectivity index (χ1v) is 6.89. The van der Waals surface area contributed by atoms with Crippen LogP contribution in [-0.4, -0.2) is 51.8 Å². The lowest BCUT2D eigenvalue weighted by atomic mass is 10.5. The van der Waals surface area contributed by atoms with Crippen LogP contribution in [0.5, 0.6) is 0 Å². The zero-order valence-corrected chi connectivity index (χ0v) is 10.0. The van der Waals surface area contributed by atoms with Gasteiger partial charge < -0.3 is 10.5 Å². The minimum Gasteiger partial charge on any atom is -0.380 e. The molecule has 0 heterocycles. The molecule has 0 aromatic heterocycles. The van der Waals surface area contributed by atoms with E-state index in [0.717, 1.165) is 12.5 Å². The van der Waals surface area contributed by atoms with Crippen LogP contribution in [0, 0.1) is 5.92 Å². The fraction of sp³-hybridized carbons (Fsp3) is 1.00. The second kappa shape index (κ2) is 5.79. The Morgan fingerprint density at radius 2 is 2.13 bits per heavy atom. The van der Waals surface area contributed by atoms with Crippen LogP contribution in [0.1, 0.15) is 12.8 Å². The number of hydrogen-bond acceptors (Lipinski definition) is 4. The van der Waals surface area contributed by atoms with Crippen LogP contribution in [0.25, 0.3) is 0 Å². The first-order valence-electron chi connectivity index (χ1n) is 5.28. The monoisotopic (exact) mass is 236 g/mol. The van der Waals surface area contributed by atoms with Crippen molar-refractivity contribution in [2.75, 3.05) is 39.1 Å². The molecule has 1 saturated carbocycles. The maximum atomic E-state index is 11.5. The molecule has 1 aliphatic rings. The van der Waals surface area contributed by atoms with Crippen molar-refractivity contribution >= 4 is 10.0 Å². The zero-order valence-electron chi connectivity index (χ0n) is 9.18.